The number of aryl methyl sites for hydroxylation is 2. The number of aromatic amines is 1. The Morgan fingerprint density at radius 2 is 2.10 bits per heavy atom. The molecular formula is C12H19N5O3S. The highest BCUT2D eigenvalue weighted by Gasteiger charge is 2.24. The average Bonchev–Trinajstić information content (AvgIpc) is 3.00. The molecule has 0 unspecified atom stereocenters. The summed E-state index contributed by atoms with van der Waals surface area (Å²) in [5.41, 5.74) is 1.51. The summed E-state index contributed by atoms with van der Waals surface area (Å²) in [6.07, 6.45) is 0. The second-order valence-electron chi connectivity index (χ2n) is 4.66. The highest BCUT2D eigenvalue weighted by molar-refractivity contribution is 7.89. The van der Waals surface area contributed by atoms with Gasteiger partial charge in [-0.3, -0.25) is 5.10 Å². The molecule has 0 fully saturated rings. The maximum atomic E-state index is 12.4. The maximum Gasteiger partial charge on any atom is 0.244 e. The molecule has 9 heteroatoms. The Hall–Kier alpha value is -1.71. The third-order valence-corrected chi connectivity index (χ3v) is 4.50. The van der Waals surface area contributed by atoms with Gasteiger partial charge in [-0.1, -0.05) is 12.1 Å². The average molecular weight is 313 g/mol. The first-order valence-corrected chi connectivity index (χ1v) is 8.08. The van der Waals surface area contributed by atoms with Crippen molar-refractivity contribution in [2.24, 2.45) is 0 Å². The zero-order valence-corrected chi connectivity index (χ0v) is 13.0. The van der Waals surface area contributed by atoms with Crippen LogP contribution in [0.15, 0.2) is 15.5 Å². The lowest BCUT2D eigenvalue weighted by molar-refractivity contribution is 0.390. The van der Waals surface area contributed by atoms with Crippen molar-refractivity contribution in [3.63, 3.8) is 0 Å². The van der Waals surface area contributed by atoms with Gasteiger partial charge in [-0.25, -0.2) is 13.1 Å². The molecule has 0 radical (unpaired) electrons. The Bertz CT molecular complexity index is 704. The minimum Gasteiger partial charge on any atom is -0.361 e. The van der Waals surface area contributed by atoms with Crippen molar-refractivity contribution in [1.29, 1.82) is 0 Å². The maximum absolute atomic E-state index is 12.4. The predicted octanol–water partition coefficient (Wildman–Crippen LogP) is 0.603. The highest BCUT2D eigenvalue weighted by Crippen LogP contribution is 2.17. The molecule has 0 aromatic carbocycles. The summed E-state index contributed by atoms with van der Waals surface area (Å²) in [4.78, 5) is 0.184. The van der Waals surface area contributed by atoms with Crippen LogP contribution in [0.3, 0.4) is 0 Å². The Labute approximate surface area is 123 Å². The van der Waals surface area contributed by atoms with Gasteiger partial charge in [0, 0.05) is 12.6 Å². The topological polar surface area (TPSA) is 113 Å². The van der Waals surface area contributed by atoms with Gasteiger partial charge in [-0.05, 0) is 20.4 Å². The van der Waals surface area contributed by atoms with Gasteiger partial charge in [-0.2, -0.15) is 5.10 Å². The number of aromatic nitrogens is 3. The van der Waals surface area contributed by atoms with Crippen molar-refractivity contribution < 1.29 is 12.9 Å². The van der Waals surface area contributed by atoms with E-state index in [4.69, 9.17) is 4.52 Å². The molecule has 2 aromatic heterocycles. The lowest BCUT2D eigenvalue weighted by Crippen LogP contribution is -2.25. The van der Waals surface area contributed by atoms with Gasteiger partial charge < -0.3 is 9.84 Å². The normalized spacial score (nSPS) is 12.0. The molecule has 0 aliphatic rings. The summed E-state index contributed by atoms with van der Waals surface area (Å²) in [6.45, 7) is 6.57. The van der Waals surface area contributed by atoms with Gasteiger partial charge in [0.15, 0.2) is 0 Å². The molecule has 2 heterocycles. The smallest absolute Gasteiger partial charge is 0.244 e. The van der Waals surface area contributed by atoms with Crippen LogP contribution in [-0.4, -0.2) is 30.3 Å². The molecule has 0 amide bonds. The van der Waals surface area contributed by atoms with E-state index in [1.54, 1.807) is 19.9 Å². The van der Waals surface area contributed by atoms with E-state index in [2.05, 4.69) is 25.4 Å². The van der Waals surface area contributed by atoms with Crippen LogP contribution in [-0.2, 0) is 23.1 Å². The number of rotatable bonds is 7. The second-order valence-corrected chi connectivity index (χ2v) is 6.36. The van der Waals surface area contributed by atoms with Crippen molar-refractivity contribution in [1.82, 2.24) is 25.4 Å². The zero-order chi connectivity index (χ0) is 15.5. The van der Waals surface area contributed by atoms with Gasteiger partial charge in [0.25, 0.3) is 0 Å². The second kappa shape index (κ2) is 6.37. The standard InChI is InChI=1S/C12H19N5O3S/c1-4-13-7-11-12(9(3)15-16-11)21(18,19)14-6-10-5-8(2)20-17-10/h5,13-14H,4,6-7H2,1-3H3,(H,15,16). The van der Waals surface area contributed by atoms with Gasteiger partial charge >= 0.3 is 0 Å². The summed E-state index contributed by atoms with van der Waals surface area (Å²) in [7, 11) is -3.66. The van der Waals surface area contributed by atoms with E-state index in [1.165, 1.54) is 0 Å². The summed E-state index contributed by atoms with van der Waals surface area (Å²) in [6, 6.07) is 1.68. The van der Waals surface area contributed by atoms with E-state index in [9.17, 15) is 8.42 Å². The van der Waals surface area contributed by atoms with Crippen LogP contribution in [0.2, 0.25) is 0 Å². The summed E-state index contributed by atoms with van der Waals surface area (Å²) < 4.78 is 32.3. The lowest BCUT2D eigenvalue weighted by Gasteiger charge is -2.07. The molecular weight excluding hydrogens is 294 g/mol. The highest BCUT2D eigenvalue weighted by atomic mass is 32.2. The number of nitrogens with zero attached hydrogens (tertiary/aromatic N) is 2. The van der Waals surface area contributed by atoms with Crippen LogP contribution in [0.25, 0.3) is 0 Å². The van der Waals surface area contributed by atoms with Crippen LogP contribution < -0.4 is 10.0 Å². The Morgan fingerprint density at radius 3 is 2.71 bits per heavy atom. The predicted molar refractivity (Wildman–Crippen MR) is 76.0 cm³/mol. The molecule has 0 atom stereocenters. The number of hydrogen-bond acceptors (Lipinski definition) is 6. The lowest BCUT2D eigenvalue weighted by atomic mass is 10.3. The van der Waals surface area contributed by atoms with Gasteiger partial charge in [-0.15, -0.1) is 0 Å². The first-order chi connectivity index (χ1) is 9.94. The molecule has 0 bridgehead atoms. The fourth-order valence-corrected chi connectivity index (χ4v) is 3.29. The first-order valence-electron chi connectivity index (χ1n) is 6.60. The Balaban J connectivity index is 2.17. The van der Waals surface area contributed by atoms with Gasteiger partial charge in [0.1, 0.15) is 10.7 Å². The fourth-order valence-electron chi connectivity index (χ4n) is 1.93. The van der Waals surface area contributed by atoms with E-state index in [0.717, 1.165) is 6.54 Å². The monoisotopic (exact) mass is 313 g/mol. The minimum absolute atomic E-state index is 0.0743. The Morgan fingerprint density at radius 1 is 1.33 bits per heavy atom. The van der Waals surface area contributed by atoms with E-state index in [1.807, 2.05) is 6.92 Å². The van der Waals surface area contributed by atoms with Crippen molar-refractivity contribution in [3.05, 3.63) is 28.9 Å². The summed E-state index contributed by atoms with van der Waals surface area (Å²) in [5.74, 6) is 0.636. The van der Waals surface area contributed by atoms with E-state index in [0.29, 0.717) is 29.4 Å². The third kappa shape index (κ3) is 3.69. The fraction of sp³-hybridized carbons (Fsp3) is 0.500. The summed E-state index contributed by atoms with van der Waals surface area (Å²) in [5, 5.41) is 13.6. The molecule has 0 spiro atoms. The number of hydrogen-bond donors (Lipinski definition) is 3. The molecule has 8 nitrogen and oxygen atoms in total. The van der Waals surface area contributed by atoms with Gasteiger partial charge in [0.2, 0.25) is 10.0 Å². The quantitative estimate of drug-likeness (QED) is 0.690. The Kier molecular flexibility index (Phi) is 4.76. The third-order valence-electron chi connectivity index (χ3n) is 2.89. The van der Waals surface area contributed by atoms with Crippen molar-refractivity contribution in [3.8, 4) is 0 Å². The minimum atomic E-state index is -3.66. The van der Waals surface area contributed by atoms with Gasteiger partial charge in [0.05, 0.1) is 23.6 Å². The molecule has 21 heavy (non-hydrogen) atoms. The SMILES string of the molecule is CCNCc1n[nH]c(C)c1S(=O)(=O)NCc1cc(C)on1. The number of sulfonamides is 1. The number of nitrogens with one attached hydrogen (secondary N) is 3. The molecule has 0 saturated heterocycles. The summed E-state index contributed by atoms with van der Waals surface area (Å²) >= 11 is 0. The molecule has 0 aliphatic heterocycles. The van der Waals surface area contributed by atoms with Crippen molar-refractivity contribution in [2.75, 3.05) is 6.54 Å². The molecule has 116 valence electrons. The van der Waals surface area contributed by atoms with E-state index < -0.39 is 10.0 Å². The van der Waals surface area contributed by atoms with Crippen LogP contribution in [0.5, 0.6) is 0 Å². The largest absolute Gasteiger partial charge is 0.361 e. The van der Waals surface area contributed by atoms with Crippen molar-refractivity contribution in [2.45, 2.75) is 38.8 Å². The van der Waals surface area contributed by atoms with E-state index >= 15 is 0 Å². The molecule has 2 rings (SSSR count). The number of H-pyrrole nitrogens is 1. The molecule has 0 aliphatic carbocycles. The van der Waals surface area contributed by atoms with E-state index in [-0.39, 0.29) is 11.4 Å². The molecule has 2 aromatic rings. The molecule has 0 saturated carbocycles. The zero-order valence-electron chi connectivity index (χ0n) is 12.2. The molecule has 3 N–H and O–H groups in total. The van der Waals surface area contributed by atoms with Crippen LogP contribution in [0.1, 0.15) is 29.8 Å². The van der Waals surface area contributed by atoms with Crippen LogP contribution in [0, 0.1) is 13.8 Å². The first kappa shape index (κ1) is 15.7. The van der Waals surface area contributed by atoms with Crippen molar-refractivity contribution >= 4 is 10.0 Å². The van der Waals surface area contributed by atoms with Crippen LogP contribution in [0.4, 0.5) is 0 Å². The van der Waals surface area contributed by atoms with Crippen LogP contribution >= 0.6 is 0 Å².